The van der Waals surface area contributed by atoms with Crippen LogP contribution in [0.3, 0.4) is 0 Å². The summed E-state index contributed by atoms with van der Waals surface area (Å²) in [6, 6.07) is 7.12. The summed E-state index contributed by atoms with van der Waals surface area (Å²) >= 11 is 0. The summed E-state index contributed by atoms with van der Waals surface area (Å²) in [5.74, 6) is -0.0510. The molecular formula is C16H17F2N5. The molecule has 0 fully saturated rings. The first-order valence-corrected chi connectivity index (χ1v) is 7.38. The van der Waals surface area contributed by atoms with Crippen molar-refractivity contribution in [1.29, 1.82) is 0 Å². The number of hydrogen-bond donors (Lipinski definition) is 1. The number of nitrogens with zero attached hydrogens (tertiary/aromatic N) is 4. The molecule has 120 valence electrons. The normalized spacial score (nSPS) is 11.3. The van der Waals surface area contributed by atoms with Crippen molar-refractivity contribution in [2.75, 3.05) is 5.32 Å². The summed E-state index contributed by atoms with van der Waals surface area (Å²) in [4.78, 5) is 7.89. The second-order valence-electron chi connectivity index (χ2n) is 5.23. The fourth-order valence-corrected chi connectivity index (χ4v) is 2.53. The highest BCUT2D eigenvalue weighted by atomic mass is 19.3. The molecule has 1 N–H and O–H groups in total. The van der Waals surface area contributed by atoms with E-state index in [9.17, 15) is 8.78 Å². The summed E-state index contributed by atoms with van der Waals surface area (Å²) in [6.07, 6.45) is 0.0261. The Kier molecular flexibility index (Phi) is 4.18. The average molecular weight is 317 g/mol. The van der Waals surface area contributed by atoms with Crippen LogP contribution in [-0.4, -0.2) is 19.7 Å². The van der Waals surface area contributed by atoms with Gasteiger partial charge in [-0.25, -0.2) is 18.7 Å². The van der Waals surface area contributed by atoms with Crippen LogP contribution in [0.15, 0.2) is 30.5 Å². The molecule has 0 bridgehead atoms. The molecule has 0 spiro atoms. The lowest BCUT2D eigenvalue weighted by Gasteiger charge is -2.10. The van der Waals surface area contributed by atoms with Gasteiger partial charge < -0.3 is 5.32 Å². The van der Waals surface area contributed by atoms with Crippen molar-refractivity contribution in [2.24, 2.45) is 7.05 Å². The highest BCUT2D eigenvalue weighted by Crippen LogP contribution is 2.25. The molecule has 5 nitrogen and oxygen atoms in total. The Morgan fingerprint density at radius 2 is 2.00 bits per heavy atom. The van der Waals surface area contributed by atoms with Crippen LogP contribution in [0.2, 0.25) is 0 Å². The van der Waals surface area contributed by atoms with Crippen molar-refractivity contribution < 1.29 is 8.78 Å². The van der Waals surface area contributed by atoms with E-state index in [2.05, 4.69) is 20.4 Å². The molecular weight excluding hydrogens is 300 g/mol. The maximum atomic E-state index is 13.0. The van der Waals surface area contributed by atoms with Crippen molar-refractivity contribution in [3.63, 3.8) is 0 Å². The molecule has 0 aliphatic heterocycles. The number of para-hydroxylation sites is 1. The van der Waals surface area contributed by atoms with Gasteiger partial charge in [0.15, 0.2) is 5.82 Å². The summed E-state index contributed by atoms with van der Waals surface area (Å²) < 4.78 is 27.7. The number of aromatic nitrogens is 4. The van der Waals surface area contributed by atoms with Crippen LogP contribution in [0, 0.1) is 0 Å². The van der Waals surface area contributed by atoms with Gasteiger partial charge in [-0.3, -0.25) is 4.68 Å². The van der Waals surface area contributed by atoms with Crippen LogP contribution in [0.25, 0.3) is 10.9 Å². The van der Waals surface area contributed by atoms with E-state index in [0.717, 1.165) is 23.1 Å². The van der Waals surface area contributed by atoms with Gasteiger partial charge in [0.25, 0.3) is 6.43 Å². The third kappa shape index (κ3) is 3.13. The number of benzene rings is 1. The van der Waals surface area contributed by atoms with E-state index in [1.54, 1.807) is 16.8 Å². The number of anilines is 1. The summed E-state index contributed by atoms with van der Waals surface area (Å²) in [6.45, 7) is 2.50. The van der Waals surface area contributed by atoms with E-state index in [-0.39, 0.29) is 0 Å². The first-order chi connectivity index (χ1) is 11.1. The number of nitrogens with one attached hydrogen (secondary N) is 1. The highest BCUT2D eigenvalue weighted by Gasteiger charge is 2.15. The van der Waals surface area contributed by atoms with Crippen LogP contribution in [0.5, 0.6) is 0 Å². The molecule has 3 aromatic rings. The monoisotopic (exact) mass is 317 g/mol. The van der Waals surface area contributed by atoms with E-state index in [4.69, 9.17) is 0 Å². The smallest absolute Gasteiger partial charge is 0.297 e. The summed E-state index contributed by atoms with van der Waals surface area (Å²) in [7, 11) is 1.86. The van der Waals surface area contributed by atoms with Crippen LogP contribution >= 0.6 is 0 Å². The Balaban J connectivity index is 1.95. The van der Waals surface area contributed by atoms with E-state index in [1.165, 1.54) is 0 Å². The Labute approximate surface area is 132 Å². The minimum atomic E-state index is -2.70. The maximum Gasteiger partial charge on any atom is 0.297 e. The lowest BCUT2D eigenvalue weighted by molar-refractivity contribution is 0.141. The second-order valence-corrected chi connectivity index (χ2v) is 5.23. The van der Waals surface area contributed by atoms with E-state index >= 15 is 0 Å². The van der Waals surface area contributed by atoms with Gasteiger partial charge in [0.2, 0.25) is 0 Å². The van der Waals surface area contributed by atoms with Crippen LogP contribution in [0.4, 0.5) is 14.6 Å². The lowest BCUT2D eigenvalue weighted by Crippen LogP contribution is -2.06. The molecule has 0 aliphatic carbocycles. The maximum absolute atomic E-state index is 13.0. The number of fused-ring (bicyclic) bond motifs is 1. The molecule has 1 aromatic carbocycles. The molecule has 0 saturated heterocycles. The zero-order valence-corrected chi connectivity index (χ0v) is 12.9. The fraction of sp³-hybridized carbons (Fsp3) is 0.312. The molecule has 2 aromatic heterocycles. The zero-order valence-electron chi connectivity index (χ0n) is 12.9. The minimum absolute atomic E-state index is 0.414. The van der Waals surface area contributed by atoms with Gasteiger partial charge in [-0.1, -0.05) is 19.1 Å². The second kappa shape index (κ2) is 6.28. The van der Waals surface area contributed by atoms with Gasteiger partial charge in [-0.2, -0.15) is 5.10 Å². The van der Waals surface area contributed by atoms with Crippen LogP contribution < -0.4 is 5.32 Å². The Hall–Kier alpha value is -2.57. The highest BCUT2D eigenvalue weighted by molar-refractivity contribution is 5.89. The SMILES string of the molecule is CCc1nn(C)cc1CNc1nc(C(F)F)nc2ccccc12. The molecule has 2 heterocycles. The fourth-order valence-electron chi connectivity index (χ4n) is 2.53. The quantitative estimate of drug-likeness (QED) is 0.783. The van der Waals surface area contributed by atoms with Crippen LogP contribution in [-0.2, 0) is 20.0 Å². The van der Waals surface area contributed by atoms with Gasteiger partial charge in [0.1, 0.15) is 5.82 Å². The third-order valence-electron chi connectivity index (χ3n) is 3.59. The van der Waals surface area contributed by atoms with Gasteiger partial charge in [-0.15, -0.1) is 0 Å². The third-order valence-corrected chi connectivity index (χ3v) is 3.59. The molecule has 0 aliphatic rings. The molecule has 0 saturated carbocycles. The molecule has 0 unspecified atom stereocenters. The Bertz CT molecular complexity index is 828. The number of hydrogen-bond acceptors (Lipinski definition) is 4. The van der Waals surface area contributed by atoms with Crippen molar-refractivity contribution in [2.45, 2.75) is 26.3 Å². The first-order valence-electron chi connectivity index (χ1n) is 7.38. The summed E-state index contributed by atoms with van der Waals surface area (Å²) in [5.41, 5.74) is 2.51. The molecule has 0 amide bonds. The molecule has 0 radical (unpaired) electrons. The van der Waals surface area contributed by atoms with Crippen molar-refractivity contribution in [3.8, 4) is 0 Å². The number of aryl methyl sites for hydroxylation is 2. The first kappa shape index (κ1) is 15.3. The van der Waals surface area contributed by atoms with Gasteiger partial charge >= 0.3 is 0 Å². The standard InChI is InChI=1S/C16H17F2N5/c1-3-12-10(9-23(2)22-12)8-19-15-11-6-4-5-7-13(11)20-16(21-15)14(17)18/h4-7,9,14H,3,8H2,1-2H3,(H,19,20,21). The van der Waals surface area contributed by atoms with Gasteiger partial charge in [0, 0.05) is 30.7 Å². The number of rotatable bonds is 5. The minimum Gasteiger partial charge on any atom is -0.365 e. The van der Waals surface area contributed by atoms with Gasteiger partial charge in [-0.05, 0) is 18.6 Å². The molecule has 7 heteroatoms. The van der Waals surface area contributed by atoms with Crippen LogP contribution in [0.1, 0.15) is 30.4 Å². The molecule has 3 rings (SSSR count). The van der Waals surface area contributed by atoms with E-state index in [1.807, 2.05) is 32.3 Å². The number of halogens is 2. The average Bonchev–Trinajstić information content (AvgIpc) is 2.92. The Morgan fingerprint density at radius 1 is 1.22 bits per heavy atom. The predicted octanol–water partition coefficient (Wildman–Crippen LogP) is 3.48. The molecule has 0 atom stereocenters. The van der Waals surface area contributed by atoms with Crippen molar-refractivity contribution >= 4 is 16.7 Å². The lowest BCUT2D eigenvalue weighted by atomic mass is 10.2. The van der Waals surface area contributed by atoms with Crippen molar-refractivity contribution in [3.05, 3.63) is 47.5 Å². The van der Waals surface area contributed by atoms with Gasteiger partial charge in [0.05, 0.1) is 11.2 Å². The molecule has 23 heavy (non-hydrogen) atoms. The summed E-state index contributed by atoms with van der Waals surface area (Å²) in [5, 5.41) is 8.24. The number of alkyl halides is 2. The Morgan fingerprint density at radius 3 is 2.74 bits per heavy atom. The topological polar surface area (TPSA) is 55.6 Å². The van der Waals surface area contributed by atoms with E-state index in [0.29, 0.717) is 17.9 Å². The van der Waals surface area contributed by atoms with Crippen molar-refractivity contribution in [1.82, 2.24) is 19.7 Å². The van der Waals surface area contributed by atoms with E-state index < -0.39 is 12.2 Å². The predicted molar refractivity (Wildman–Crippen MR) is 84.4 cm³/mol. The largest absolute Gasteiger partial charge is 0.365 e. The zero-order chi connectivity index (χ0) is 16.4.